The van der Waals surface area contributed by atoms with Gasteiger partial charge in [-0.1, -0.05) is 6.07 Å². The van der Waals surface area contributed by atoms with Crippen LogP contribution in [0, 0.1) is 0 Å². The zero-order valence-corrected chi connectivity index (χ0v) is 12.8. The third-order valence-electron chi connectivity index (χ3n) is 3.13. The molecule has 7 heteroatoms. The molecule has 0 atom stereocenters. The van der Waals surface area contributed by atoms with Gasteiger partial charge in [0.1, 0.15) is 5.69 Å². The van der Waals surface area contributed by atoms with E-state index in [4.69, 9.17) is 0 Å². The molecule has 0 aliphatic carbocycles. The fourth-order valence-electron chi connectivity index (χ4n) is 1.98. The lowest BCUT2D eigenvalue weighted by Gasteiger charge is -2.08. The molecule has 6 nitrogen and oxygen atoms in total. The van der Waals surface area contributed by atoms with Gasteiger partial charge in [-0.05, 0) is 24.3 Å². The molecule has 0 saturated carbocycles. The van der Waals surface area contributed by atoms with Gasteiger partial charge in [-0.25, -0.2) is 4.79 Å². The van der Waals surface area contributed by atoms with Crippen molar-refractivity contribution in [3.63, 3.8) is 0 Å². The Balaban J connectivity index is 1.97. The second-order valence-corrected chi connectivity index (χ2v) is 5.81. The second-order valence-electron chi connectivity index (χ2n) is 4.78. The van der Waals surface area contributed by atoms with Gasteiger partial charge >= 0.3 is 5.69 Å². The highest BCUT2D eigenvalue weighted by Crippen LogP contribution is 2.12. The summed E-state index contributed by atoms with van der Waals surface area (Å²) in [7, 11) is 2.92. The molecule has 1 amide bonds. The van der Waals surface area contributed by atoms with Crippen LogP contribution in [0.4, 0.5) is 5.69 Å². The Morgan fingerprint density at radius 1 is 1.33 bits per heavy atom. The Labute approximate surface area is 125 Å². The molecule has 2 aromatic rings. The van der Waals surface area contributed by atoms with Crippen molar-refractivity contribution in [3.8, 4) is 0 Å². The summed E-state index contributed by atoms with van der Waals surface area (Å²) < 4.78 is 2.24. The summed E-state index contributed by atoms with van der Waals surface area (Å²) in [5.41, 5.74) is -0.791. The van der Waals surface area contributed by atoms with Crippen molar-refractivity contribution in [2.75, 3.05) is 5.32 Å². The lowest BCUT2D eigenvalue weighted by atomic mass is 10.2. The number of rotatable bonds is 5. The number of amides is 1. The molecule has 2 aromatic heterocycles. The number of anilines is 1. The molecule has 0 saturated heterocycles. The molecular weight excluding hydrogens is 290 g/mol. The van der Waals surface area contributed by atoms with Crippen molar-refractivity contribution in [1.82, 2.24) is 9.13 Å². The highest BCUT2D eigenvalue weighted by molar-refractivity contribution is 7.09. The van der Waals surface area contributed by atoms with Crippen LogP contribution in [0.25, 0.3) is 0 Å². The van der Waals surface area contributed by atoms with Crippen molar-refractivity contribution >= 4 is 22.9 Å². The molecule has 0 radical (unpaired) electrons. The summed E-state index contributed by atoms with van der Waals surface area (Å²) in [5.74, 6) is -0.220. The van der Waals surface area contributed by atoms with Crippen molar-refractivity contribution in [3.05, 3.63) is 49.4 Å². The number of carbonyl (C=O) groups is 1. The molecule has 21 heavy (non-hydrogen) atoms. The van der Waals surface area contributed by atoms with Gasteiger partial charge in [-0.3, -0.25) is 14.2 Å². The third-order valence-corrected chi connectivity index (χ3v) is 4.06. The minimum atomic E-state index is -0.496. The molecule has 0 spiro atoms. The molecule has 0 aliphatic heterocycles. The van der Waals surface area contributed by atoms with Crippen LogP contribution in [-0.4, -0.2) is 15.0 Å². The number of hydrogen-bond acceptors (Lipinski definition) is 4. The molecule has 112 valence electrons. The monoisotopic (exact) mass is 307 g/mol. The number of aromatic nitrogens is 2. The SMILES string of the molecule is Cn1cc(NC(=O)CCCc2cccs2)c(=O)n(C)c1=O. The first-order valence-electron chi connectivity index (χ1n) is 6.58. The third kappa shape index (κ3) is 3.69. The zero-order chi connectivity index (χ0) is 15.4. The quantitative estimate of drug-likeness (QED) is 0.899. The van der Waals surface area contributed by atoms with E-state index >= 15 is 0 Å². The highest BCUT2D eigenvalue weighted by Gasteiger charge is 2.10. The normalized spacial score (nSPS) is 10.6. The molecular formula is C14H17N3O3S. The largest absolute Gasteiger partial charge is 0.330 e. The van der Waals surface area contributed by atoms with Crippen LogP contribution < -0.4 is 16.6 Å². The van der Waals surface area contributed by atoms with E-state index in [1.54, 1.807) is 11.3 Å². The molecule has 0 aromatic carbocycles. The van der Waals surface area contributed by atoms with Crippen LogP contribution in [0.1, 0.15) is 17.7 Å². The topological polar surface area (TPSA) is 73.1 Å². The Hall–Kier alpha value is -2.15. The van der Waals surface area contributed by atoms with Gasteiger partial charge in [0.25, 0.3) is 5.56 Å². The summed E-state index contributed by atoms with van der Waals surface area (Å²) in [4.78, 5) is 36.5. The summed E-state index contributed by atoms with van der Waals surface area (Å²) >= 11 is 1.66. The summed E-state index contributed by atoms with van der Waals surface area (Å²) in [6.07, 6.45) is 3.25. The Morgan fingerprint density at radius 3 is 2.76 bits per heavy atom. The van der Waals surface area contributed by atoms with Crippen molar-refractivity contribution in [2.24, 2.45) is 14.1 Å². The minimum Gasteiger partial charge on any atom is -0.320 e. The number of hydrogen-bond donors (Lipinski definition) is 1. The summed E-state index contributed by atoms with van der Waals surface area (Å²) in [6, 6.07) is 4.01. The van der Waals surface area contributed by atoms with Gasteiger partial charge in [0.05, 0.1) is 0 Å². The van der Waals surface area contributed by atoms with Gasteiger partial charge in [0.2, 0.25) is 5.91 Å². The number of thiophene rings is 1. The smallest absolute Gasteiger partial charge is 0.320 e. The second kappa shape index (κ2) is 6.53. The standard InChI is InChI=1S/C14H17N3O3S/c1-16-9-11(13(19)17(2)14(16)20)15-12(18)7-3-5-10-6-4-8-21-10/h4,6,8-9H,3,5,7H2,1-2H3,(H,15,18). The van der Waals surface area contributed by atoms with E-state index < -0.39 is 11.2 Å². The minimum absolute atomic E-state index is 0.126. The Kier molecular flexibility index (Phi) is 4.74. The van der Waals surface area contributed by atoms with Crippen molar-refractivity contribution < 1.29 is 4.79 Å². The van der Waals surface area contributed by atoms with E-state index in [1.165, 1.54) is 29.7 Å². The van der Waals surface area contributed by atoms with E-state index in [1.807, 2.05) is 17.5 Å². The maximum absolute atomic E-state index is 11.9. The van der Waals surface area contributed by atoms with Crippen LogP contribution >= 0.6 is 11.3 Å². The van der Waals surface area contributed by atoms with Gasteiger partial charge in [0, 0.05) is 31.6 Å². The van der Waals surface area contributed by atoms with E-state index in [-0.39, 0.29) is 11.6 Å². The molecule has 1 N–H and O–H groups in total. The van der Waals surface area contributed by atoms with Crippen molar-refractivity contribution in [2.45, 2.75) is 19.3 Å². The van der Waals surface area contributed by atoms with E-state index in [0.29, 0.717) is 6.42 Å². The number of aryl methyl sites for hydroxylation is 2. The molecule has 2 heterocycles. The lowest BCUT2D eigenvalue weighted by molar-refractivity contribution is -0.116. The van der Waals surface area contributed by atoms with Crippen LogP contribution in [0.3, 0.4) is 0 Å². The number of nitrogens with one attached hydrogen (secondary N) is 1. The van der Waals surface area contributed by atoms with Gasteiger partial charge in [0.15, 0.2) is 0 Å². The number of nitrogens with zero attached hydrogens (tertiary/aromatic N) is 2. The maximum Gasteiger partial charge on any atom is 0.330 e. The predicted molar refractivity (Wildman–Crippen MR) is 82.8 cm³/mol. The first-order chi connectivity index (χ1) is 9.99. The van der Waals surface area contributed by atoms with E-state index in [9.17, 15) is 14.4 Å². The van der Waals surface area contributed by atoms with E-state index in [2.05, 4.69) is 5.32 Å². The molecule has 0 unspecified atom stereocenters. The molecule has 0 aliphatic rings. The first kappa shape index (κ1) is 15.2. The molecule has 2 rings (SSSR count). The van der Waals surface area contributed by atoms with E-state index in [0.717, 1.165) is 17.4 Å². The van der Waals surface area contributed by atoms with Crippen molar-refractivity contribution in [1.29, 1.82) is 0 Å². The average Bonchev–Trinajstić information content (AvgIpc) is 2.95. The number of carbonyl (C=O) groups excluding carboxylic acids is 1. The Bertz CT molecular complexity index is 744. The predicted octanol–water partition coefficient (Wildman–Crippen LogP) is 1.11. The maximum atomic E-state index is 11.9. The fourth-order valence-corrected chi connectivity index (χ4v) is 2.74. The first-order valence-corrected chi connectivity index (χ1v) is 7.46. The van der Waals surface area contributed by atoms with Gasteiger partial charge in [-0.15, -0.1) is 11.3 Å². The van der Waals surface area contributed by atoms with Crippen LogP contribution in [-0.2, 0) is 25.3 Å². The van der Waals surface area contributed by atoms with Gasteiger partial charge < -0.3 is 9.88 Å². The molecule has 0 bridgehead atoms. The lowest BCUT2D eigenvalue weighted by Crippen LogP contribution is -2.38. The van der Waals surface area contributed by atoms with Crippen LogP contribution in [0.5, 0.6) is 0 Å². The average molecular weight is 307 g/mol. The van der Waals surface area contributed by atoms with Gasteiger partial charge in [-0.2, -0.15) is 0 Å². The summed E-state index contributed by atoms with van der Waals surface area (Å²) in [6.45, 7) is 0. The summed E-state index contributed by atoms with van der Waals surface area (Å²) in [5, 5.41) is 4.57. The fraction of sp³-hybridized carbons (Fsp3) is 0.357. The zero-order valence-electron chi connectivity index (χ0n) is 12.0. The molecule has 0 fully saturated rings. The highest BCUT2D eigenvalue weighted by atomic mass is 32.1. The van der Waals surface area contributed by atoms with Crippen LogP contribution in [0.15, 0.2) is 33.3 Å². The van der Waals surface area contributed by atoms with Crippen LogP contribution in [0.2, 0.25) is 0 Å². The Morgan fingerprint density at radius 2 is 2.10 bits per heavy atom.